The summed E-state index contributed by atoms with van der Waals surface area (Å²) in [7, 11) is 0. The third-order valence-electron chi connectivity index (χ3n) is 3.40. The maximum Gasteiger partial charge on any atom is 0.119 e. The molecule has 0 aliphatic carbocycles. The molecule has 112 valence electrons. The lowest BCUT2D eigenvalue weighted by Crippen LogP contribution is -2.19. The molecular formula is C18H22INO. The summed E-state index contributed by atoms with van der Waals surface area (Å²) in [5.74, 6) is 0.917. The molecule has 1 atom stereocenters. The second kappa shape index (κ2) is 8.39. The molecule has 21 heavy (non-hydrogen) atoms. The highest BCUT2D eigenvalue weighted by molar-refractivity contribution is 14.1. The van der Waals surface area contributed by atoms with Crippen LogP contribution in [0.2, 0.25) is 0 Å². The van der Waals surface area contributed by atoms with E-state index in [9.17, 15) is 0 Å². The Hall–Kier alpha value is -1.07. The number of halogens is 1. The summed E-state index contributed by atoms with van der Waals surface area (Å²) >= 11 is 2.31. The first kappa shape index (κ1) is 16.3. The second-order valence-electron chi connectivity index (χ2n) is 5.16. The van der Waals surface area contributed by atoms with Crippen LogP contribution >= 0.6 is 22.6 Å². The van der Waals surface area contributed by atoms with Gasteiger partial charge in [0.25, 0.3) is 0 Å². The summed E-state index contributed by atoms with van der Waals surface area (Å²) in [6, 6.07) is 17.2. The van der Waals surface area contributed by atoms with Gasteiger partial charge in [-0.1, -0.05) is 31.2 Å². The van der Waals surface area contributed by atoms with Gasteiger partial charge in [0.1, 0.15) is 12.4 Å². The number of hydrogen-bond donors (Lipinski definition) is 1. The van der Waals surface area contributed by atoms with Crippen molar-refractivity contribution in [2.45, 2.75) is 32.9 Å². The Morgan fingerprint density at radius 3 is 2.33 bits per heavy atom. The van der Waals surface area contributed by atoms with Crippen molar-refractivity contribution in [3.8, 4) is 5.75 Å². The lowest BCUT2D eigenvalue weighted by atomic mass is 10.1. The lowest BCUT2D eigenvalue weighted by molar-refractivity contribution is 0.306. The second-order valence-corrected chi connectivity index (χ2v) is 6.41. The minimum Gasteiger partial charge on any atom is -0.489 e. The van der Waals surface area contributed by atoms with Gasteiger partial charge in [0.15, 0.2) is 0 Å². The molecule has 0 aliphatic heterocycles. The fourth-order valence-corrected chi connectivity index (χ4v) is 2.44. The van der Waals surface area contributed by atoms with Crippen molar-refractivity contribution in [2.24, 2.45) is 0 Å². The fourth-order valence-electron chi connectivity index (χ4n) is 2.08. The van der Waals surface area contributed by atoms with Crippen LogP contribution in [0.3, 0.4) is 0 Å². The van der Waals surface area contributed by atoms with Crippen LogP contribution in [0.5, 0.6) is 5.75 Å². The molecule has 3 heteroatoms. The Morgan fingerprint density at radius 2 is 1.71 bits per heavy atom. The lowest BCUT2D eigenvalue weighted by Gasteiger charge is -2.14. The normalized spacial score (nSPS) is 12.1. The maximum absolute atomic E-state index is 5.82. The van der Waals surface area contributed by atoms with Crippen LogP contribution in [0.4, 0.5) is 0 Å². The SMILES string of the molecule is CCCNC(C)c1ccc(OCc2ccc(I)cc2)cc1. The summed E-state index contributed by atoms with van der Waals surface area (Å²) in [4.78, 5) is 0. The first-order valence-electron chi connectivity index (χ1n) is 7.39. The number of rotatable bonds is 7. The van der Waals surface area contributed by atoms with Gasteiger partial charge in [-0.25, -0.2) is 0 Å². The Kier molecular flexibility index (Phi) is 6.51. The third kappa shape index (κ3) is 5.32. The first-order valence-corrected chi connectivity index (χ1v) is 8.47. The number of hydrogen-bond acceptors (Lipinski definition) is 2. The fraction of sp³-hybridized carbons (Fsp3) is 0.333. The minimum absolute atomic E-state index is 0.384. The van der Waals surface area contributed by atoms with Gasteiger partial charge in [0, 0.05) is 9.61 Å². The maximum atomic E-state index is 5.82. The molecule has 0 aromatic heterocycles. The van der Waals surface area contributed by atoms with E-state index in [2.05, 4.69) is 78.2 Å². The van der Waals surface area contributed by atoms with Gasteiger partial charge in [-0.15, -0.1) is 0 Å². The molecule has 1 unspecified atom stereocenters. The van der Waals surface area contributed by atoms with E-state index in [1.54, 1.807) is 0 Å². The van der Waals surface area contributed by atoms with E-state index < -0.39 is 0 Å². The van der Waals surface area contributed by atoms with E-state index >= 15 is 0 Å². The number of benzene rings is 2. The Bertz CT molecular complexity index is 536. The molecule has 0 fully saturated rings. The van der Waals surface area contributed by atoms with E-state index in [0.717, 1.165) is 18.7 Å². The van der Waals surface area contributed by atoms with Gasteiger partial charge < -0.3 is 10.1 Å². The summed E-state index contributed by atoms with van der Waals surface area (Å²) in [5, 5.41) is 3.49. The molecule has 0 heterocycles. The smallest absolute Gasteiger partial charge is 0.119 e. The average Bonchev–Trinajstić information content (AvgIpc) is 2.52. The van der Waals surface area contributed by atoms with Gasteiger partial charge in [-0.05, 0) is 77.9 Å². The van der Waals surface area contributed by atoms with Crippen LogP contribution < -0.4 is 10.1 Å². The van der Waals surface area contributed by atoms with E-state index in [1.165, 1.54) is 14.7 Å². The van der Waals surface area contributed by atoms with Crippen LogP contribution in [0, 0.1) is 3.57 Å². The zero-order valence-electron chi connectivity index (χ0n) is 12.6. The van der Waals surface area contributed by atoms with Crippen molar-refractivity contribution < 1.29 is 4.74 Å². The highest BCUT2D eigenvalue weighted by Gasteiger charge is 2.04. The van der Waals surface area contributed by atoms with Crippen molar-refractivity contribution >= 4 is 22.6 Å². The van der Waals surface area contributed by atoms with Crippen molar-refractivity contribution in [3.63, 3.8) is 0 Å². The highest BCUT2D eigenvalue weighted by Crippen LogP contribution is 2.19. The van der Waals surface area contributed by atoms with Gasteiger partial charge in [0.05, 0.1) is 0 Å². The van der Waals surface area contributed by atoms with Crippen LogP contribution in [0.25, 0.3) is 0 Å². The zero-order chi connectivity index (χ0) is 15.1. The van der Waals surface area contributed by atoms with E-state index in [-0.39, 0.29) is 0 Å². The van der Waals surface area contributed by atoms with Crippen molar-refractivity contribution in [1.82, 2.24) is 5.32 Å². The molecule has 0 bridgehead atoms. The van der Waals surface area contributed by atoms with E-state index in [4.69, 9.17) is 4.74 Å². The van der Waals surface area contributed by atoms with Gasteiger partial charge in [0.2, 0.25) is 0 Å². The number of ether oxygens (including phenoxy) is 1. The molecule has 0 radical (unpaired) electrons. The van der Waals surface area contributed by atoms with Crippen molar-refractivity contribution in [1.29, 1.82) is 0 Å². The predicted molar refractivity (Wildman–Crippen MR) is 96.6 cm³/mol. The molecule has 2 nitrogen and oxygen atoms in total. The van der Waals surface area contributed by atoms with E-state index in [1.807, 2.05) is 12.1 Å². The largest absolute Gasteiger partial charge is 0.489 e. The molecule has 0 aliphatic rings. The van der Waals surface area contributed by atoms with Crippen LogP contribution in [0.15, 0.2) is 48.5 Å². The molecule has 2 aromatic rings. The summed E-state index contributed by atoms with van der Waals surface area (Å²) < 4.78 is 7.07. The number of nitrogens with one attached hydrogen (secondary N) is 1. The molecule has 2 aromatic carbocycles. The molecule has 0 amide bonds. The molecule has 2 rings (SSSR count). The Balaban J connectivity index is 1.88. The van der Waals surface area contributed by atoms with Crippen molar-refractivity contribution in [3.05, 3.63) is 63.2 Å². The quantitative estimate of drug-likeness (QED) is 0.672. The standard InChI is InChI=1S/C18H22INO/c1-3-12-20-14(2)16-6-10-18(11-7-16)21-13-15-4-8-17(19)9-5-15/h4-11,14,20H,3,12-13H2,1-2H3. The molecule has 0 saturated heterocycles. The summed E-state index contributed by atoms with van der Waals surface area (Å²) in [6.45, 7) is 6.03. The topological polar surface area (TPSA) is 21.3 Å². The Morgan fingerprint density at radius 1 is 1.05 bits per heavy atom. The summed E-state index contributed by atoms with van der Waals surface area (Å²) in [6.07, 6.45) is 1.15. The van der Waals surface area contributed by atoms with Crippen LogP contribution in [-0.2, 0) is 6.61 Å². The van der Waals surface area contributed by atoms with Gasteiger partial charge in [-0.2, -0.15) is 0 Å². The van der Waals surface area contributed by atoms with Gasteiger partial charge >= 0.3 is 0 Å². The van der Waals surface area contributed by atoms with Crippen LogP contribution in [-0.4, -0.2) is 6.54 Å². The molecular weight excluding hydrogens is 373 g/mol. The monoisotopic (exact) mass is 395 g/mol. The predicted octanol–water partition coefficient (Wildman–Crippen LogP) is 4.93. The molecule has 1 N–H and O–H groups in total. The van der Waals surface area contributed by atoms with Crippen LogP contribution in [0.1, 0.15) is 37.4 Å². The zero-order valence-corrected chi connectivity index (χ0v) is 14.8. The van der Waals surface area contributed by atoms with E-state index in [0.29, 0.717) is 12.6 Å². The average molecular weight is 395 g/mol. The highest BCUT2D eigenvalue weighted by atomic mass is 127. The van der Waals surface area contributed by atoms with Crippen molar-refractivity contribution in [2.75, 3.05) is 6.54 Å². The minimum atomic E-state index is 0.384. The van der Waals surface area contributed by atoms with Gasteiger partial charge in [-0.3, -0.25) is 0 Å². The Labute approximate surface area is 141 Å². The molecule has 0 saturated carbocycles. The summed E-state index contributed by atoms with van der Waals surface area (Å²) in [5.41, 5.74) is 2.49. The third-order valence-corrected chi connectivity index (χ3v) is 4.12. The molecule has 0 spiro atoms. The first-order chi connectivity index (χ1) is 10.2.